The van der Waals surface area contributed by atoms with Crippen molar-refractivity contribution in [3.05, 3.63) is 59.9 Å². The Kier molecular flexibility index (Phi) is 3.59. The minimum absolute atomic E-state index is 0.586. The molecule has 0 aliphatic carbocycles. The first-order valence-electron chi connectivity index (χ1n) is 8.02. The third-order valence-electron chi connectivity index (χ3n) is 4.72. The summed E-state index contributed by atoms with van der Waals surface area (Å²) >= 11 is 0. The summed E-state index contributed by atoms with van der Waals surface area (Å²) < 4.78 is 0. The first-order chi connectivity index (χ1) is 11.2. The van der Waals surface area contributed by atoms with Gasteiger partial charge in [0.2, 0.25) is 0 Å². The van der Waals surface area contributed by atoms with E-state index in [-0.39, 0.29) is 0 Å². The van der Waals surface area contributed by atoms with Crippen LogP contribution in [0.4, 0.5) is 0 Å². The molecule has 2 aromatic carbocycles. The second-order valence-corrected chi connectivity index (χ2v) is 6.34. The molecule has 0 amide bonds. The van der Waals surface area contributed by atoms with Crippen LogP contribution in [-0.2, 0) is 12.1 Å². The number of aliphatic hydroxyl groups is 1. The van der Waals surface area contributed by atoms with E-state index < -0.39 is 5.60 Å². The van der Waals surface area contributed by atoms with Gasteiger partial charge in [0.05, 0.1) is 6.20 Å². The van der Waals surface area contributed by atoms with Crippen LogP contribution in [0.2, 0.25) is 0 Å². The molecule has 5 nitrogen and oxygen atoms in total. The highest BCUT2D eigenvalue weighted by Crippen LogP contribution is 2.31. The van der Waals surface area contributed by atoms with Gasteiger partial charge < -0.3 is 5.11 Å². The van der Waals surface area contributed by atoms with Gasteiger partial charge in [0, 0.05) is 13.1 Å². The van der Waals surface area contributed by atoms with E-state index in [2.05, 4.69) is 62.8 Å². The molecule has 5 heteroatoms. The highest BCUT2D eigenvalue weighted by molar-refractivity contribution is 5.85. The summed E-state index contributed by atoms with van der Waals surface area (Å²) in [6.07, 6.45) is 3.31. The van der Waals surface area contributed by atoms with Crippen molar-refractivity contribution in [3.63, 3.8) is 0 Å². The average molecular weight is 308 g/mol. The SMILES string of the molecule is OC1(c2cn[nH]n2)CCCN(Cc2cccc3ccccc23)C1. The number of nitrogens with one attached hydrogen (secondary N) is 1. The van der Waals surface area contributed by atoms with E-state index in [1.807, 2.05) is 0 Å². The zero-order valence-corrected chi connectivity index (χ0v) is 12.9. The molecule has 3 aromatic rings. The van der Waals surface area contributed by atoms with E-state index in [9.17, 15) is 5.11 Å². The summed E-state index contributed by atoms with van der Waals surface area (Å²) in [6, 6.07) is 14.9. The van der Waals surface area contributed by atoms with Crippen LogP contribution in [0.1, 0.15) is 24.1 Å². The number of piperidine rings is 1. The molecule has 1 saturated heterocycles. The molecule has 1 unspecified atom stereocenters. The number of aromatic nitrogens is 3. The monoisotopic (exact) mass is 308 g/mol. The van der Waals surface area contributed by atoms with Crippen molar-refractivity contribution >= 4 is 10.8 Å². The Hall–Kier alpha value is -2.24. The van der Waals surface area contributed by atoms with E-state index in [1.165, 1.54) is 16.3 Å². The lowest BCUT2D eigenvalue weighted by molar-refractivity contribution is -0.0413. The molecule has 4 rings (SSSR count). The minimum Gasteiger partial charge on any atom is -0.382 e. The maximum Gasteiger partial charge on any atom is 0.123 e. The Morgan fingerprint density at radius 3 is 2.91 bits per heavy atom. The minimum atomic E-state index is -0.907. The molecular weight excluding hydrogens is 288 g/mol. The molecule has 1 atom stereocenters. The van der Waals surface area contributed by atoms with E-state index in [4.69, 9.17) is 0 Å². The number of likely N-dealkylation sites (tertiary alicyclic amines) is 1. The third kappa shape index (κ3) is 2.73. The Morgan fingerprint density at radius 1 is 1.17 bits per heavy atom. The quantitative estimate of drug-likeness (QED) is 0.780. The molecule has 1 aliphatic heterocycles. The highest BCUT2D eigenvalue weighted by Gasteiger charge is 2.37. The van der Waals surface area contributed by atoms with E-state index in [0.717, 1.165) is 25.9 Å². The molecule has 0 bridgehead atoms. The van der Waals surface area contributed by atoms with Crippen molar-refractivity contribution in [1.29, 1.82) is 0 Å². The van der Waals surface area contributed by atoms with E-state index >= 15 is 0 Å². The van der Waals surface area contributed by atoms with Crippen molar-refractivity contribution in [3.8, 4) is 0 Å². The molecule has 1 aliphatic rings. The van der Waals surface area contributed by atoms with Crippen LogP contribution in [0, 0.1) is 0 Å². The highest BCUT2D eigenvalue weighted by atomic mass is 16.3. The van der Waals surface area contributed by atoms with Crippen molar-refractivity contribution < 1.29 is 5.11 Å². The zero-order valence-electron chi connectivity index (χ0n) is 12.9. The second-order valence-electron chi connectivity index (χ2n) is 6.34. The van der Waals surface area contributed by atoms with Gasteiger partial charge in [-0.1, -0.05) is 42.5 Å². The van der Waals surface area contributed by atoms with E-state index in [0.29, 0.717) is 12.2 Å². The Balaban J connectivity index is 1.59. The van der Waals surface area contributed by atoms with Gasteiger partial charge in [0.1, 0.15) is 11.3 Å². The Labute approximate surface area is 134 Å². The lowest BCUT2D eigenvalue weighted by Gasteiger charge is -2.38. The standard InChI is InChI=1S/C18H20N4O/c23-18(17-11-19-21-20-17)9-4-10-22(13-18)12-15-7-3-6-14-5-1-2-8-16(14)15/h1-3,5-8,11,23H,4,9-10,12-13H2,(H,19,20,21). The van der Waals surface area contributed by atoms with Crippen LogP contribution >= 0.6 is 0 Å². The lowest BCUT2D eigenvalue weighted by Crippen LogP contribution is -2.45. The molecule has 23 heavy (non-hydrogen) atoms. The smallest absolute Gasteiger partial charge is 0.123 e. The number of hydrogen-bond donors (Lipinski definition) is 2. The maximum absolute atomic E-state index is 10.9. The number of β-amino-alcohol motifs (C(OH)–C–C–N with tert-alkyl or cyclic N) is 1. The fourth-order valence-electron chi connectivity index (χ4n) is 3.56. The first-order valence-corrected chi connectivity index (χ1v) is 8.02. The number of benzene rings is 2. The molecule has 0 spiro atoms. The predicted octanol–water partition coefficient (Wildman–Crippen LogP) is 2.44. The molecular formula is C18H20N4O. The normalized spacial score (nSPS) is 22.5. The molecule has 1 fully saturated rings. The lowest BCUT2D eigenvalue weighted by atomic mass is 9.89. The number of aromatic amines is 1. The summed E-state index contributed by atoms with van der Waals surface area (Å²) in [5.41, 5.74) is 1.03. The maximum atomic E-state index is 10.9. The fourth-order valence-corrected chi connectivity index (χ4v) is 3.56. The second kappa shape index (κ2) is 5.76. The summed E-state index contributed by atoms with van der Waals surface area (Å²) in [4.78, 5) is 2.31. The summed E-state index contributed by atoms with van der Waals surface area (Å²) in [5.74, 6) is 0. The summed E-state index contributed by atoms with van der Waals surface area (Å²) in [7, 11) is 0. The Bertz CT molecular complexity index is 796. The molecule has 2 N–H and O–H groups in total. The van der Waals surface area contributed by atoms with Crippen molar-refractivity contribution in [1.82, 2.24) is 20.3 Å². The number of rotatable bonds is 3. The zero-order chi connectivity index (χ0) is 15.7. The molecule has 118 valence electrons. The van der Waals surface area contributed by atoms with Crippen LogP contribution in [-0.4, -0.2) is 38.5 Å². The van der Waals surface area contributed by atoms with Gasteiger partial charge in [-0.3, -0.25) is 4.90 Å². The van der Waals surface area contributed by atoms with Gasteiger partial charge in [-0.15, -0.1) is 0 Å². The van der Waals surface area contributed by atoms with Gasteiger partial charge in [0.25, 0.3) is 0 Å². The van der Waals surface area contributed by atoms with E-state index in [1.54, 1.807) is 6.20 Å². The van der Waals surface area contributed by atoms with Crippen LogP contribution in [0.25, 0.3) is 10.8 Å². The summed E-state index contributed by atoms with van der Waals surface area (Å²) in [6.45, 7) is 2.41. The number of fused-ring (bicyclic) bond motifs is 1. The van der Waals surface area contributed by atoms with Gasteiger partial charge >= 0.3 is 0 Å². The first kappa shape index (κ1) is 14.4. The van der Waals surface area contributed by atoms with Crippen LogP contribution in [0.15, 0.2) is 48.7 Å². The van der Waals surface area contributed by atoms with Crippen LogP contribution < -0.4 is 0 Å². The summed E-state index contributed by atoms with van der Waals surface area (Å²) in [5, 5.41) is 24.0. The predicted molar refractivity (Wildman–Crippen MR) is 88.7 cm³/mol. The van der Waals surface area contributed by atoms with Gasteiger partial charge in [-0.05, 0) is 35.7 Å². The van der Waals surface area contributed by atoms with Gasteiger partial charge in [-0.2, -0.15) is 15.4 Å². The van der Waals surface area contributed by atoms with Crippen molar-refractivity contribution in [2.45, 2.75) is 25.0 Å². The van der Waals surface area contributed by atoms with Gasteiger partial charge in [0.15, 0.2) is 0 Å². The largest absolute Gasteiger partial charge is 0.382 e. The van der Waals surface area contributed by atoms with Crippen molar-refractivity contribution in [2.24, 2.45) is 0 Å². The molecule has 0 saturated carbocycles. The van der Waals surface area contributed by atoms with Gasteiger partial charge in [-0.25, -0.2) is 0 Å². The Morgan fingerprint density at radius 2 is 2.04 bits per heavy atom. The van der Waals surface area contributed by atoms with Crippen LogP contribution in [0.3, 0.4) is 0 Å². The molecule has 1 aromatic heterocycles. The average Bonchev–Trinajstić information content (AvgIpc) is 3.11. The number of H-pyrrole nitrogens is 1. The number of nitrogens with zero attached hydrogens (tertiary/aromatic N) is 3. The van der Waals surface area contributed by atoms with Crippen molar-refractivity contribution in [2.75, 3.05) is 13.1 Å². The topological polar surface area (TPSA) is 65.0 Å². The molecule has 0 radical (unpaired) electrons. The molecule has 2 heterocycles. The number of hydrogen-bond acceptors (Lipinski definition) is 4. The third-order valence-corrected chi connectivity index (χ3v) is 4.72. The van der Waals surface area contributed by atoms with Crippen LogP contribution in [0.5, 0.6) is 0 Å². The fraction of sp³-hybridized carbons (Fsp3) is 0.333.